The summed E-state index contributed by atoms with van der Waals surface area (Å²) in [5.41, 5.74) is 0. The number of piperidine rings is 1. The molecule has 6 nitrogen and oxygen atoms in total. The first-order valence-electron chi connectivity index (χ1n) is 6.63. The molecule has 0 aromatic carbocycles. The lowest BCUT2D eigenvalue weighted by atomic mass is 10.1. The third-order valence-electron chi connectivity index (χ3n) is 3.33. The summed E-state index contributed by atoms with van der Waals surface area (Å²) in [4.78, 5) is 26.4. The number of hydrogen-bond donors (Lipinski definition) is 0. The van der Waals surface area contributed by atoms with E-state index in [0.29, 0.717) is 0 Å². The van der Waals surface area contributed by atoms with Gasteiger partial charge >= 0.3 is 5.76 Å². The lowest BCUT2D eigenvalue weighted by Crippen LogP contribution is -2.39. The zero-order valence-corrected chi connectivity index (χ0v) is 11.8. The molecule has 0 atom stereocenters. The van der Waals surface area contributed by atoms with Gasteiger partial charge in [-0.25, -0.2) is 4.79 Å². The Kier molecular flexibility index (Phi) is 3.68. The Hall–Kier alpha value is -1.89. The SMILES string of the molecule is O=C(Cn1nc(-c2cccs2)oc1=O)N1CCCCC1. The van der Waals surface area contributed by atoms with Crippen molar-refractivity contribution >= 4 is 17.2 Å². The fourth-order valence-corrected chi connectivity index (χ4v) is 2.92. The van der Waals surface area contributed by atoms with E-state index in [-0.39, 0.29) is 18.3 Å². The van der Waals surface area contributed by atoms with Gasteiger partial charge in [-0.05, 0) is 30.7 Å². The standard InChI is InChI=1S/C13H15N3O3S/c17-11(15-6-2-1-3-7-15)9-16-13(18)19-12(14-16)10-5-4-8-20-10/h4-5,8H,1-3,6-7,9H2. The molecule has 0 spiro atoms. The maximum absolute atomic E-state index is 12.1. The smallest absolute Gasteiger partial charge is 0.387 e. The quantitative estimate of drug-likeness (QED) is 0.861. The zero-order valence-electron chi connectivity index (χ0n) is 10.9. The van der Waals surface area contributed by atoms with Crippen LogP contribution in [0.4, 0.5) is 0 Å². The monoisotopic (exact) mass is 293 g/mol. The van der Waals surface area contributed by atoms with Gasteiger partial charge in [0.2, 0.25) is 5.91 Å². The summed E-state index contributed by atoms with van der Waals surface area (Å²) in [5.74, 6) is -0.381. The van der Waals surface area contributed by atoms with Crippen molar-refractivity contribution in [2.75, 3.05) is 13.1 Å². The Bertz CT molecular complexity index is 638. The Balaban J connectivity index is 1.74. The van der Waals surface area contributed by atoms with Crippen molar-refractivity contribution in [1.82, 2.24) is 14.7 Å². The number of hydrogen-bond acceptors (Lipinski definition) is 5. The minimum Gasteiger partial charge on any atom is -0.387 e. The molecule has 1 saturated heterocycles. The van der Waals surface area contributed by atoms with E-state index < -0.39 is 5.76 Å². The minimum absolute atomic E-state index is 0.0479. The van der Waals surface area contributed by atoms with E-state index in [1.165, 1.54) is 11.3 Å². The van der Waals surface area contributed by atoms with E-state index in [1.54, 1.807) is 4.90 Å². The minimum atomic E-state index is -0.584. The molecule has 3 heterocycles. The first-order chi connectivity index (χ1) is 9.74. The van der Waals surface area contributed by atoms with E-state index in [0.717, 1.165) is 41.9 Å². The Morgan fingerprint density at radius 1 is 1.35 bits per heavy atom. The number of thiophene rings is 1. The lowest BCUT2D eigenvalue weighted by Gasteiger charge is -2.26. The van der Waals surface area contributed by atoms with Crippen LogP contribution in [0.2, 0.25) is 0 Å². The van der Waals surface area contributed by atoms with Gasteiger partial charge in [0, 0.05) is 13.1 Å². The molecule has 0 unspecified atom stereocenters. The summed E-state index contributed by atoms with van der Waals surface area (Å²) in [6, 6.07) is 3.69. The molecule has 1 fully saturated rings. The lowest BCUT2D eigenvalue weighted by molar-refractivity contribution is -0.133. The summed E-state index contributed by atoms with van der Waals surface area (Å²) in [6.07, 6.45) is 3.22. The third-order valence-corrected chi connectivity index (χ3v) is 4.19. The normalized spacial score (nSPS) is 15.5. The van der Waals surface area contributed by atoms with Crippen LogP contribution in [0.1, 0.15) is 19.3 Å². The predicted octanol–water partition coefficient (Wildman–Crippen LogP) is 1.58. The van der Waals surface area contributed by atoms with E-state index in [4.69, 9.17) is 4.42 Å². The maximum Gasteiger partial charge on any atom is 0.437 e. The van der Waals surface area contributed by atoms with Crippen molar-refractivity contribution in [1.29, 1.82) is 0 Å². The summed E-state index contributed by atoms with van der Waals surface area (Å²) in [6.45, 7) is 1.49. The second-order valence-corrected chi connectivity index (χ2v) is 5.70. The molecule has 0 radical (unpaired) electrons. The highest BCUT2D eigenvalue weighted by atomic mass is 32.1. The molecule has 20 heavy (non-hydrogen) atoms. The van der Waals surface area contributed by atoms with Crippen LogP contribution < -0.4 is 5.76 Å². The highest BCUT2D eigenvalue weighted by Gasteiger charge is 2.19. The number of aromatic nitrogens is 2. The molecule has 0 N–H and O–H groups in total. The summed E-state index contributed by atoms with van der Waals surface area (Å²) >= 11 is 1.44. The van der Waals surface area contributed by atoms with Crippen molar-refractivity contribution in [2.24, 2.45) is 0 Å². The topological polar surface area (TPSA) is 68.3 Å². The first-order valence-corrected chi connectivity index (χ1v) is 7.51. The van der Waals surface area contributed by atoms with E-state index in [1.807, 2.05) is 17.5 Å². The van der Waals surface area contributed by atoms with Crippen LogP contribution in [0.25, 0.3) is 10.8 Å². The van der Waals surface area contributed by atoms with Crippen LogP contribution in [-0.2, 0) is 11.3 Å². The Morgan fingerprint density at radius 3 is 2.85 bits per heavy atom. The zero-order chi connectivity index (χ0) is 13.9. The number of carbonyl (C=O) groups is 1. The fourth-order valence-electron chi connectivity index (χ4n) is 2.28. The van der Waals surface area contributed by atoms with Crippen molar-refractivity contribution in [3.63, 3.8) is 0 Å². The summed E-state index contributed by atoms with van der Waals surface area (Å²) in [5, 5.41) is 5.97. The number of nitrogens with zero attached hydrogens (tertiary/aromatic N) is 3. The van der Waals surface area contributed by atoms with E-state index in [2.05, 4.69) is 5.10 Å². The Labute approximate surface area is 119 Å². The van der Waals surface area contributed by atoms with Gasteiger partial charge in [0.25, 0.3) is 5.89 Å². The highest BCUT2D eigenvalue weighted by Crippen LogP contribution is 2.21. The van der Waals surface area contributed by atoms with Crippen molar-refractivity contribution in [3.8, 4) is 10.8 Å². The predicted molar refractivity (Wildman–Crippen MR) is 74.5 cm³/mol. The molecule has 3 rings (SSSR count). The second kappa shape index (κ2) is 5.62. The van der Waals surface area contributed by atoms with Crippen LogP contribution in [-0.4, -0.2) is 33.7 Å². The number of likely N-dealkylation sites (tertiary alicyclic amines) is 1. The van der Waals surface area contributed by atoms with Gasteiger partial charge < -0.3 is 9.32 Å². The van der Waals surface area contributed by atoms with Crippen LogP contribution in [0.5, 0.6) is 0 Å². The fraction of sp³-hybridized carbons (Fsp3) is 0.462. The second-order valence-electron chi connectivity index (χ2n) is 4.75. The van der Waals surface area contributed by atoms with Crippen LogP contribution in [0, 0.1) is 0 Å². The number of carbonyl (C=O) groups excluding carboxylic acids is 1. The van der Waals surface area contributed by atoms with Gasteiger partial charge in [-0.1, -0.05) is 6.07 Å². The molecule has 7 heteroatoms. The number of rotatable bonds is 3. The largest absolute Gasteiger partial charge is 0.437 e. The van der Waals surface area contributed by atoms with Crippen molar-refractivity contribution in [2.45, 2.75) is 25.8 Å². The van der Waals surface area contributed by atoms with Gasteiger partial charge in [0.05, 0.1) is 4.88 Å². The van der Waals surface area contributed by atoms with Crippen LogP contribution in [0.3, 0.4) is 0 Å². The molecule has 1 aliphatic rings. The molecular weight excluding hydrogens is 278 g/mol. The van der Waals surface area contributed by atoms with Gasteiger partial charge in [0.1, 0.15) is 6.54 Å². The molecule has 0 saturated carbocycles. The van der Waals surface area contributed by atoms with Crippen molar-refractivity contribution in [3.05, 3.63) is 28.1 Å². The van der Waals surface area contributed by atoms with Crippen molar-refractivity contribution < 1.29 is 9.21 Å². The molecule has 106 valence electrons. The molecule has 1 amide bonds. The first kappa shape index (κ1) is 13.1. The van der Waals surface area contributed by atoms with E-state index in [9.17, 15) is 9.59 Å². The molecular formula is C13H15N3O3S. The van der Waals surface area contributed by atoms with Gasteiger partial charge in [-0.2, -0.15) is 4.68 Å². The average Bonchev–Trinajstić information content (AvgIpc) is 3.10. The molecule has 2 aromatic rings. The van der Waals surface area contributed by atoms with E-state index >= 15 is 0 Å². The molecule has 2 aromatic heterocycles. The van der Waals surface area contributed by atoms with Gasteiger partial charge in [0.15, 0.2) is 0 Å². The average molecular weight is 293 g/mol. The van der Waals surface area contributed by atoms with Crippen LogP contribution in [0.15, 0.2) is 26.7 Å². The molecule has 0 bridgehead atoms. The highest BCUT2D eigenvalue weighted by molar-refractivity contribution is 7.13. The summed E-state index contributed by atoms with van der Waals surface area (Å²) in [7, 11) is 0. The van der Waals surface area contributed by atoms with Crippen LogP contribution >= 0.6 is 11.3 Å². The molecule has 1 aliphatic heterocycles. The molecule has 0 aliphatic carbocycles. The summed E-state index contributed by atoms with van der Waals surface area (Å²) < 4.78 is 6.19. The number of amides is 1. The third kappa shape index (κ3) is 2.67. The maximum atomic E-state index is 12.1. The van der Waals surface area contributed by atoms with Gasteiger partial charge in [-0.3, -0.25) is 4.79 Å². The van der Waals surface area contributed by atoms with Gasteiger partial charge in [-0.15, -0.1) is 16.4 Å². The Morgan fingerprint density at radius 2 is 2.15 bits per heavy atom.